The smallest absolute Gasteiger partial charge is 0.350 e. The zero-order valence-corrected chi connectivity index (χ0v) is 17.0. The van der Waals surface area contributed by atoms with Gasteiger partial charge in [-0.15, -0.1) is 11.3 Å². The molecule has 0 spiro atoms. The summed E-state index contributed by atoms with van der Waals surface area (Å²) in [7, 11) is -3.92. The summed E-state index contributed by atoms with van der Waals surface area (Å²) in [5, 5.41) is 0.697. The number of thiazole rings is 1. The molecular formula is C20H16N2O5S2. The Balaban J connectivity index is 1.44. The van der Waals surface area contributed by atoms with E-state index in [0.29, 0.717) is 15.6 Å². The van der Waals surface area contributed by atoms with E-state index in [4.69, 9.17) is 4.74 Å². The van der Waals surface area contributed by atoms with E-state index in [1.165, 1.54) is 23.5 Å². The number of esters is 1. The molecule has 1 amide bonds. The molecule has 0 saturated carbocycles. The predicted molar refractivity (Wildman–Crippen MR) is 107 cm³/mol. The fourth-order valence-corrected chi connectivity index (χ4v) is 5.55. The molecule has 148 valence electrons. The van der Waals surface area contributed by atoms with Crippen molar-refractivity contribution in [3.63, 3.8) is 0 Å². The van der Waals surface area contributed by atoms with E-state index in [9.17, 15) is 18.0 Å². The minimum absolute atomic E-state index is 0.0258. The van der Waals surface area contributed by atoms with Crippen LogP contribution in [0.25, 0.3) is 10.6 Å². The van der Waals surface area contributed by atoms with Crippen LogP contribution in [0.3, 0.4) is 0 Å². The normalized spacial score (nSPS) is 14.7. The van der Waals surface area contributed by atoms with E-state index in [2.05, 4.69) is 4.98 Å². The lowest BCUT2D eigenvalue weighted by atomic mass is 10.2. The van der Waals surface area contributed by atoms with Gasteiger partial charge in [-0.2, -0.15) is 0 Å². The number of hydrogen-bond acceptors (Lipinski definition) is 7. The van der Waals surface area contributed by atoms with E-state index < -0.39 is 21.9 Å². The third-order valence-electron chi connectivity index (χ3n) is 4.44. The molecule has 1 aromatic heterocycles. The number of benzene rings is 2. The Morgan fingerprint density at radius 2 is 1.79 bits per heavy atom. The van der Waals surface area contributed by atoms with Crippen LogP contribution in [-0.4, -0.2) is 42.7 Å². The number of nitrogens with zero attached hydrogens (tertiary/aromatic N) is 2. The summed E-state index contributed by atoms with van der Waals surface area (Å²) >= 11 is 1.21. The number of aryl methyl sites for hydroxylation is 1. The molecular weight excluding hydrogens is 412 g/mol. The minimum Gasteiger partial charge on any atom is -0.460 e. The van der Waals surface area contributed by atoms with Crippen molar-refractivity contribution in [3.8, 4) is 10.6 Å². The summed E-state index contributed by atoms with van der Waals surface area (Å²) in [6.45, 7) is 1.23. The van der Waals surface area contributed by atoms with E-state index in [1.54, 1.807) is 19.1 Å². The SMILES string of the molecule is Cc1nc(-c2ccccc2)sc1C(=O)OCCN1C(=O)c2ccccc2S1(=O)=O. The molecule has 0 radical (unpaired) electrons. The lowest BCUT2D eigenvalue weighted by Gasteiger charge is -2.14. The Morgan fingerprint density at radius 3 is 2.52 bits per heavy atom. The second-order valence-electron chi connectivity index (χ2n) is 6.31. The van der Waals surface area contributed by atoms with Crippen molar-refractivity contribution in [1.82, 2.24) is 9.29 Å². The van der Waals surface area contributed by atoms with Crippen LogP contribution in [0.1, 0.15) is 25.7 Å². The number of sulfonamides is 1. The summed E-state index contributed by atoms with van der Waals surface area (Å²) < 4.78 is 31.0. The third-order valence-corrected chi connectivity index (χ3v) is 7.47. The van der Waals surface area contributed by atoms with Crippen molar-refractivity contribution >= 4 is 33.2 Å². The van der Waals surface area contributed by atoms with Crippen LogP contribution in [0.4, 0.5) is 0 Å². The van der Waals surface area contributed by atoms with Gasteiger partial charge in [0.15, 0.2) is 0 Å². The lowest BCUT2D eigenvalue weighted by molar-refractivity contribution is 0.0482. The van der Waals surface area contributed by atoms with Gasteiger partial charge in [0.2, 0.25) is 0 Å². The second-order valence-corrected chi connectivity index (χ2v) is 9.14. The molecule has 2 aromatic carbocycles. The molecule has 0 fully saturated rings. The van der Waals surface area contributed by atoms with Crippen molar-refractivity contribution < 1.29 is 22.7 Å². The minimum atomic E-state index is -3.92. The van der Waals surface area contributed by atoms with Gasteiger partial charge < -0.3 is 4.74 Å². The number of carbonyl (C=O) groups is 2. The van der Waals surface area contributed by atoms with Gasteiger partial charge >= 0.3 is 5.97 Å². The monoisotopic (exact) mass is 428 g/mol. The third kappa shape index (κ3) is 3.43. The highest BCUT2D eigenvalue weighted by molar-refractivity contribution is 7.90. The van der Waals surface area contributed by atoms with E-state index in [-0.39, 0.29) is 23.6 Å². The zero-order valence-electron chi connectivity index (χ0n) is 15.4. The maximum Gasteiger partial charge on any atom is 0.350 e. The molecule has 0 bridgehead atoms. The Kier molecular flexibility index (Phi) is 4.93. The first-order valence-corrected chi connectivity index (χ1v) is 11.0. The van der Waals surface area contributed by atoms with Crippen LogP contribution in [-0.2, 0) is 14.8 Å². The van der Waals surface area contributed by atoms with Gasteiger partial charge in [0.05, 0.1) is 17.8 Å². The Labute approximate surface area is 171 Å². The van der Waals surface area contributed by atoms with Crippen LogP contribution in [0.2, 0.25) is 0 Å². The summed E-state index contributed by atoms with van der Waals surface area (Å²) in [6, 6.07) is 15.5. The van der Waals surface area contributed by atoms with Crippen LogP contribution in [0, 0.1) is 6.92 Å². The van der Waals surface area contributed by atoms with Crippen molar-refractivity contribution in [3.05, 3.63) is 70.7 Å². The number of fused-ring (bicyclic) bond motifs is 1. The van der Waals surface area contributed by atoms with Gasteiger partial charge in [0.25, 0.3) is 15.9 Å². The van der Waals surface area contributed by atoms with E-state index >= 15 is 0 Å². The number of aromatic nitrogens is 1. The highest BCUT2D eigenvalue weighted by atomic mass is 32.2. The van der Waals surface area contributed by atoms with Crippen LogP contribution in [0.15, 0.2) is 59.5 Å². The molecule has 4 rings (SSSR count). The molecule has 1 aliphatic rings. The molecule has 0 atom stereocenters. The van der Waals surface area contributed by atoms with Gasteiger partial charge in [0.1, 0.15) is 21.4 Å². The maximum atomic E-state index is 12.5. The van der Waals surface area contributed by atoms with Crippen LogP contribution in [0.5, 0.6) is 0 Å². The second kappa shape index (κ2) is 7.41. The Morgan fingerprint density at radius 1 is 1.10 bits per heavy atom. The number of ether oxygens (including phenoxy) is 1. The summed E-state index contributed by atoms with van der Waals surface area (Å²) in [6.07, 6.45) is 0. The van der Waals surface area contributed by atoms with Crippen molar-refractivity contribution in [2.75, 3.05) is 13.2 Å². The first-order chi connectivity index (χ1) is 13.9. The molecule has 0 aliphatic carbocycles. The molecule has 9 heteroatoms. The number of rotatable bonds is 5. The van der Waals surface area contributed by atoms with E-state index in [0.717, 1.165) is 9.87 Å². The van der Waals surface area contributed by atoms with Gasteiger partial charge in [-0.3, -0.25) is 4.79 Å². The lowest BCUT2D eigenvalue weighted by Crippen LogP contribution is -2.33. The fourth-order valence-electron chi connectivity index (χ4n) is 3.03. The van der Waals surface area contributed by atoms with Crippen molar-refractivity contribution in [2.45, 2.75) is 11.8 Å². The summed E-state index contributed by atoms with van der Waals surface area (Å²) in [5.74, 6) is -1.21. The Hall–Kier alpha value is -3.04. The summed E-state index contributed by atoms with van der Waals surface area (Å²) in [5.41, 5.74) is 1.56. The predicted octanol–water partition coefficient (Wildman–Crippen LogP) is 3.12. The van der Waals surface area contributed by atoms with Crippen molar-refractivity contribution in [2.24, 2.45) is 0 Å². The molecule has 1 aliphatic heterocycles. The molecule has 0 saturated heterocycles. The fraction of sp³-hybridized carbons (Fsp3) is 0.150. The quantitative estimate of drug-likeness (QED) is 0.580. The van der Waals surface area contributed by atoms with E-state index in [1.807, 2.05) is 30.3 Å². The Bertz CT molecular complexity index is 1200. The largest absolute Gasteiger partial charge is 0.460 e. The first kappa shape index (κ1) is 19.3. The topological polar surface area (TPSA) is 93.6 Å². The summed E-state index contributed by atoms with van der Waals surface area (Å²) in [4.78, 5) is 29.5. The number of carbonyl (C=O) groups excluding carboxylic acids is 2. The van der Waals surface area contributed by atoms with Gasteiger partial charge in [0, 0.05) is 5.56 Å². The van der Waals surface area contributed by atoms with Crippen molar-refractivity contribution in [1.29, 1.82) is 0 Å². The van der Waals surface area contributed by atoms with Gasteiger partial charge in [-0.05, 0) is 19.1 Å². The van der Waals surface area contributed by atoms with Crippen LogP contribution >= 0.6 is 11.3 Å². The molecule has 29 heavy (non-hydrogen) atoms. The standard InChI is InChI=1S/C20H16N2O5S2/c1-13-17(28-18(21-13)14-7-3-2-4-8-14)20(24)27-12-11-22-19(23)15-9-5-6-10-16(15)29(22,25)26/h2-10H,11-12H2,1H3. The van der Waals surface area contributed by atoms with Crippen LogP contribution < -0.4 is 0 Å². The molecule has 0 N–H and O–H groups in total. The average Bonchev–Trinajstić information content (AvgIpc) is 3.20. The molecule has 7 nitrogen and oxygen atoms in total. The highest BCUT2D eigenvalue weighted by Crippen LogP contribution is 2.30. The molecule has 3 aromatic rings. The first-order valence-electron chi connectivity index (χ1n) is 8.75. The number of hydrogen-bond donors (Lipinski definition) is 0. The average molecular weight is 428 g/mol. The van der Waals surface area contributed by atoms with Gasteiger partial charge in [-0.1, -0.05) is 42.5 Å². The van der Waals surface area contributed by atoms with Gasteiger partial charge in [-0.25, -0.2) is 22.5 Å². The number of amides is 1. The maximum absolute atomic E-state index is 12.5. The molecule has 2 heterocycles. The molecule has 0 unspecified atom stereocenters. The highest BCUT2D eigenvalue weighted by Gasteiger charge is 2.40. The zero-order chi connectivity index (χ0) is 20.6.